The number of hydrogen-bond donors (Lipinski definition) is 1. The van der Waals surface area contributed by atoms with E-state index in [4.69, 9.17) is 14.2 Å². The lowest BCUT2D eigenvalue weighted by atomic mass is 9.87. The molecule has 0 atom stereocenters. The van der Waals surface area contributed by atoms with E-state index in [2.05, 4.69) is 16.4 Å². The molecule has 9 heteroatoms. The van der Waals surface area contributed by atoms with Crippen molar-refractivity contribution in [2.75, 3.05) is 14.2 Å². The number of carbonyl (C=O) groups excluding carboxylic acids is 1. The Morgan fingerprint density at radius 1 is 1.11 bits per heavy atom. The molecule has 1 heterocycles. The molecule has 37 heavy (non-hydrogen) atoms. The van der Waals surface area contributed by atoms with Gasteiger partial charge in [-0.15, -0.1) is 12.4 Å². The number of nitriles is 1. The Morgan fingerprint density at radius 3 is 2.62 bits per heavy atom. The van der Waals surface area contributed by atoms with Gasteiger partial charge in [0.25, 0.3) is 0 Å². The SMILES string of the molecule is COc1cccc(Oc2cc(Cn3cncc3CNC(=O)CC3CCCCC3)ccc2C#N)c1OC.Cl. The molecule has 8 nitrogen and oxygen atoms in total. The Kier molecular flexibility index (Phi) is 10.2. The molecule has 0 aliphatic heterocycles. The molecule has 1 fully saturated rings. The van der Waals surface area contributed by atoms with Crippen LogP contribution in [0.3, 0.4) is 0 Å². The van der Waals surface area contributed by atoms with Crippen LogP contribution in [-0.4, -0.2) is 29.7 Å². The smallest absolute Gasteiger partial charge is 0.220 e. The summed E-state index contributed by atoms with van der Waals surface area (Å²) in [5.41, 5.74) is 2.25. The second kappa shape index (κ2) is 13.6. The topological polar surface area (TPSA) is 98.4 Å². The third-order valence-corrected chi connectivity index (χ3v) is 6.57. The lowest BCUT2D eigenvalue weighted by molar-refractivity contribution is -0.122. The van der Waals surface area contributed by atoms with Crippen LogP contribution in [0.15, 0.2) is 48.9 Å². The molecule has 1 aliphatic carbocycles. The van der Waals surface area contributed by atoms with E-state index >= 15 is 0 Å². The molecule has 196 valence electrons. The molecular weight excluding hydrogens is 492 g/mol. The van der Waals surface area contributed by atoms with Crippen molar-refractivity contribution in [1.82, 2.24) is 14.9 Å². The highest BCUT2D eigenvalue weighted by Crippen LogP contribution is 2.40. The molecule has 0 spiro atoms. The highest BCUT2D eigenvalue weighted by atomic mass is 35.5. The van der Waals surface area contributed by atoms with E-state index in [1.165, 1.54) is 19.3 Å². The van der Waals surface area contributed by atoms with Gasteiger partial charge < -0.3 is 24.1 Å². The molecule has 3 aromatic rings. The predicted molar refractivity (Wildman–Crippen MR) is 142 cm³/mol. The number of benzene rings is 2. The summed E-state index contributed by atoms with van der Waals surface area (Å²) in [6.45, 7) is 0.942. The number of methoxy groups -OCH3 is 2. The summed E-state index contributed by atoms with van der Waals surface area (Å²) < 4.78 is 18.9. The number of ether oxygens (including phenoxy) is 3. The number of amides is 1. The fourth-order valence-corrected chi connectivity index (χ4v) is 4.65. The van der Waals surface area contributed by atoms with E-state index in [1.807, 2.05) is 16.7 Å². The molecule has 1 aromatic heterocycles. The van der Waals surface area contributed by atoms with Gasteiger partial charge in [0.15, 0.2) is 11.5 Å². The van der Waals surface area contributed by atoms with Crippen molar-refractivity contribution in [3.63, 3.8) is 0 Å². The van der Waals surface area contributed by atoms with E-state index in [1.54, 1.807) is 51.0 Å². The molecule has 1 saturated carbocycles. The van der Waals surface area contributed by atoms with Crippen LogP contribution in [0.25, 0.3) is 0 Å². The lowest BCUT2D eigenvalue weighted by Gasteiger charge is -2.20. The van der Waals surface area contributed by atoms with Crippen molar-refractivity contribution < 1.29 is 19.0 Å². The van der Waals surface area contributed by atoms with Gasteiger partial charge in [-0.2, -0.15) is 5.26 Å². The fraction of sp³-hybridized carbons (Fsp3) is 0.393. The summed E-state index contributed by atoms with van der Waals surface area (Å²) in [4.78, 5) is 16.7. The van der Waals surface area contributed by atoms with Crippen molar-refractivity contribution in [3.8, 4) is 29.1 Å². The van der Waals surface area contributed by atoms with Gasteiger partial charge in [0, 0.05) is 19.2 Å². The zero-order chi connectivity index (χ0) is 25.3. The van der Waals surface area contributed by atoms with Gasteiger partial charge in [-0.1, -0.05) is 31.4 Å². The first kappa shape index (κ1) is 27.9. The molecule has 0 radical (unpaired) electrons. The minimum Gasteiger partial charge on any atom is -0.493 e. The Bertz CT molecular complexity index is 1230. The first-order valence-corrected chi connectivity index (χ1v) is 12.3. The average molecular weight is 525 g/mol. The maximum atomic E-state index is 12.5. The zero-order valence-corrected chi connectivity index (χ0v) is 22.1. The fourth-order valence-electron chi connectivity index (χ4n) is 4.65. The number of nitrogens with one attached hydrogen (secondary N) is 1. The van der Waals surface area contributed by atoms with E-state index in [-0.39, 0.29) is 18.3 Å². The standard InChI is InChI=1S/C28H32N4O4.ClH/c1-34-24-9-6-10-25(28(24)35-2)36-26-13-21(11-12-22(26)15-29)18-32-19-30-16-23(32)17-31-27(33)14-20-7-4-3-5-8-20;/h6,9-13,16,19-20H,3-5,7-8,14,17-18H2,1-2H3,(H,31,33);1H. The molecular formula is C28H33ClN4O4. The van der Waals surface area contributed by atoms with E-state index < -0.39 is 0 Å². The molecule has 0 unspecified atom stereocenters. The quantitative estimate of drug-likeness (QED) is 0.369. The number of hydrogen-bond acceptors (Lipinski definition) is 6. The minimum absolute atomic E-state index is 0. The molecule has 1 aliphatic rings. The van der Waals surface area contributed by atoms with Crippen molar-refractivity contribution in [2.24, 2.45) is 5.92 Å². The van der Waals surface area contributed by atoms with Crippen molar-refractivity contribution in [3.05, 3.63) is 65.7 Å². The largest absolute Gasteiger partial charge is 0.493 e. The van der Waals surface area contributed by atoms with Crippen LogP contribution >= 0.6 is 12.4 Å². The van der Waals surface area contributed by atoms with Gasteiger partial charge in [-0.25, -0.2) is 4.98 Å². The predicted octanol–water partition coefficient (Wildman–Crippen LogP) is 5.62. The van der Waals surface area contributed by atoms with Crippen molar-refractivity contribution >= 4 is 18.3 Å². The number of aromatic nitrogens is 2. The normalized spacial score (nSPS) is 13.2. The summed E-state index contributed by atoms with van der Waals surface area (Å²) in [7, 11) is 3.10. The Balaban J connectivity index is 0.00000380. The third-order valence-electron chi connectivity index (χ3n) is 6.57. The summed E-state index contributed by atoms with van der Waals surface area (Å²) in [6, 6.07) is 13.0. The zero-order valence-electron chi connectivity index (χ0n) is 21.2. The van der Waals surface area contributed by atoms with Gasteiger partial charge in [0.05, 0.1) is 38.3 Å². The lowest BCUT2D eigenvalue weighted by Crippen LogP contribution is -2.27. The summed E-state index contributed by atoms with van der Waals surface area (Å²) in [6.07, 6.45) is 10.1. The van der Waals surface area contributed by atoms with E-state index in [0.717, 1.165) is 24.1 Å². The maximum absolute atomic E-state index is 12.5. The molecule has 4 rings (SSSR count). The van der Waals surface area contributed by atoms with Crippen LogP contribution in [0.5, 0.6) is 23.0 Å². The van der Waals surface area contributed by atoms with Crippen LogP contribution in [0, 0.1) is 17.2 Å². The molecule has 1 N–H and O–H groups in total. The summed E-state index contributed by atoms with van der Waals surface area (Å²) >= 11 is 0. The third kappa shape index (κ3) is 7.17. The van der Waals surface area contributed by atoms with Gasteiger partial charge in [-0.3, -0.25) is 4.79 Å². The molecule has 0 saturated heterocycles. The molecule has 2 aromatic carbocycles. The first-order valence-electron chi connectivity index (χ1n) is 12.3. The summed E-state index contributed by atoms with van der Waals surface area (Å²) in [5, 5.41) is 12.7. The number of para-hydroxylation sites is 1. The number of rotatable bonds is 10. The average Bonchev–Trinajstić information content (AvgIpc) is 3.34. The van der Waals surface area contributed by atoms with Crippen LogP contribution in [-0.2, 0) is 17.9 Å². The molecule has 1 amide bonds. The second-order valence-electron chi connectivity index (χ2n) is 9.03. The first-order chi connectivity index (χ1) is 17.6. The second-order valence-corrected chi connectivity index (χ2v) is 9.03. The summed E-state index contributed by atoms with van der Waals surface area (Å²) in [5.74, 6) is 2.46. The van der Waals surface area contributed by atoms with Crippen LogP contribution < -0.4 is 19.5 Å². The van der Waals surface area contributed by atoms with Gasteiger partial charge in [-0.05, 0) is 48.6 Å². The minimum atomic E-state index is 0. The van der Waals surface area contributed by atoms with Gasteiger partial charge in [0.2, 0.25) is 11.7 Å². The number of carbonyl (C=O) groups is 1. The van der Waals surface area contributed by atoms with Crippen LogP contribution in [0.2, 0.25) is 0 Å². The number of halogens is 1. The molecule has 0 bridgehead atoms. The van der Waals surface area contributed by atoms with E-state index in [0.29, 0.717) is 54.0 Å². The van der Waals surface area contributed by atoms with Crippen LogP contribution in [0.4, 0.5) is 0 Å². The van der Waals surface area contributed by atoms with Crippen molar-refractivity contribution in [2.45, 2.75) is 51.6 Å². The Morgan fingerprint density at radius 2 is 1.89 bits per heavy atom. The monoisotopic (exact) mass is 524 g/mol. The maximum Gasteiger partial charge on any atom is 0.220 e. The number of imidazole rings is 1. The Labute approximate surface area is 224 Å². The van der Waals surface area contributed by atoms with Gasteiger partial charge in [0.1, 0.15) is 11.8 Å². The van der Waals surface area contributed by atoms with Crippen molar-refractivity contribution in [1.29, 1.82) is 5.26 Å². The van der Waals surface area contributed by atoms with E-state index in [9.17, 15) is 10.1 Å². The highest BCUT2D eigenvalue weighted by Gasteiger charge is 2.18. The highest BCUT2D eigenvalue weighted by molar-refractivity contribution is 5.85. The van der Waals surface area contributed by atoms with Crippen LogP contribution in [0.1, 0.15) is 55.3 Å². The number of nitrogens with zero attached hydrogens (tertiary/aromatic N) is 3. The Hall–Kier alpha value is -3.70. The van der Waals surface area contributed by atoms with Gasteiger partial charge >= 0.3 is 0 Å².